The Morgan fingerprint density at radius 2 is 1.64 bits per heavy atom. The van der Waals surface area contributed by atoms with Gasteiger partial charge in [-0.2, -0.15) is 0 Å². The second-order valence-electron chi connectivity index (χ2n) is 3.82. The van der Waals surface area contributed by atoms with Gasteiger partial charge in [-0.25, -0.2) is 0 Å². The van der Waals surface area contributed by atoms with Crippen molar-refractivity contribution < 1.29 is 0 Å². The van der Waals surface area contributed by atoms with Gasteiger partial charge in [0, 0.05) is 0 Å². The highest BCUT2D eigenvalue weighted by Gasteiger charge is 2.17. The maximum absolute atomic E-state index is 2.26. The molecule has 1 radical (unpaired) electrons. The molecule has 1 aliphatic heterocycles. The first-order valence-electron chi connectivity index (χ1n) is 4.89. The molecule has 0 saturated heterocycles. The molecule has 2 aromatic rings. The van der Waals surface area contributed by atoms with E-state index in [2.05, 4.69) is 56.7 Å². The van der Waals surface area contributed by atoms with Gasteiger partial charge in [0.2, 0.25) is 0 Å². The van der Waals surface area contributed by atoms with Crippen LogP contribution in [0.4, 0.5) is 0 Å². The van der Waals surface area contributed by atoms with Crippen molar-refractivity contribution in [1.82, 2.24) is 0 Å². The minimum Gasteiger partial charge on any atom is -0.0737 e. The number of hydrogen-bond acceptors (Lipinski definition) is 0. The Balaban J connectivity index is 2.27. The van der Waals surface area contributed by atoms with Crippen LogP contribution in [0.25, 0.3) is 11.1 Å². The Labute approximate surface area is 84.8 Å². The van der Waals surface area contributed by atoms with E-state index in [1.165, 1.54) is 27.6 Å². The molecular weight excluding hydrogens is 167 g/mol. The van der Waals surface area contributed by atoms with Gasteiger partial charge < -0.3 is 0 Å². The van der Waals surface area contributed by atoms with Crippen LogP contribution < -0.4 is 10.9 Å². The van der Waals surface area contributed by atoms with Crippen LogP contribution in [-0.4, -0.2) is 7.28 Å². The predicted molar refractivity (Wildman–Crippen MR) is 61.6 cm³/mol. The smallest absolute Gasteiger partial charge is 0.0737 e. The topological polar surface area (TPSA) is 0 Å². The maximum Gasteiger partial charge on any atom is 0.193 e. The molecule has 65 valence electrons. The highest BCUT2D eigenvalue weighted by molar-refractivity contribution is 6.73. The lowest BCUT2D eigenvalue weighted by molar-refractivity contribution is 1.50. The van der Waals surface area contributed by atoms with Crippen LogP contribution in [0.1, 0.15) is 5.56 Å². The minimum absolute atomic E-state index is 1.33. The Morgan fingerprint density at radius 1 is 0.857 bits per heavy atom. The number of aryl methyl sites for hydroxylation is 1. The molecule has 0 aromatic heterocycles. The third kappa shape index (κ3) is 1.02. The Morgan fingerprint density at radius 3 is 2.57 bits per heavy atom. The quantitative estimate of drug-likeness (QED) is 0.458. The number of fused-ring (bicyclic) bond motifs is 3. The largest absolute Gasteiger partial charge is 0.193 e. The standard InChI is InChI=1S/C13H10B/c1-9-6-7-11-10-4-2-3-5-12(10)14-13(11)8-9/h2-8H,1H3. The van der Waals surface area contributed by atoms with Gasteiger partial charge in [0.25, 0.3) is 0 Å². The molecule has 0 saturated carbocycles. The van der Waals surface area contributed by atoms with Gasteiger partial charge >= 0.3 is 0 Å². The number of benzene rings is 2. The molecule has 1 heterocycles. The first-order valence-corrected chi connectivity index (χ1v) is 4.89. The molecule has 3 rings (SSSR count). The third-order valence-corrected chi connectivity index (χ3v) is 2.77. The maximum atomic E-state index is 2.26. The van der Waals surface area contributed by atoms with Crippen LogP contribution in [0.2, 0.25) is 0 Å². The van der Waals surface area contributed by atoms with Gasteiger partial charge in [0.05, 0.1) is 0 Å². The average Bonchev–Trinajstić information content (AvgIpc) is 2.54. The van der Waals surface area contributed by atoms with Crippen molar-refractivity contribution in [2.24, 2.45) is 0 Å². The predicted octanol–water partition coefficient (Wildman–Crippen LogP) is 1.63. The summed E-state index contributed by atoms with van der Waals surface area (Å²) >= 11 is 0. The molecule has 1 heteroatoms. The monoisotopic (exact) mass is 177 g/mol. The van der Waals surface area contributed by atoms with E-state index in [-0.39, 0.29) is 0 Å². The zero-order chi connectivity index (χ0) is 9.54. The molecule has 0 spiro atoms. The van der Waals surface area contributed by atoms with Gasteiger partial charge in [-0.1, -0.05) is 59.0 Å². The lowest BCUT2D eigenvalue weighted by atomic mass is 9.68. The fourth-order valence-electron chi connectivity index (χ4n) is 2.08. The highest BCUT2D eigenvalue weighted by Crippen LogP contribution is 2.19. The van der Waals surface area contributed by atoms with Crippen LogP contribution in [0.3, 0.4) is 0 Å². The molecule has 0 aliphatic carbocycles. The van der Waals surface area contributed by atoms with Crippen LogP contribution in [0.5, 0.6) is 0 Å². The summed E-state index contributed by atoms with van der Waals surface area (Å²) in [5, 5.41) is 0. The lowest BCUT2D eigenvalue weighted by Gasteiger charge is -2.01. The first-order chi connectivity index (χ1) is 6.84. The fourth-order valence-corrected chi connectivity index (χ4v) is 2.08. The van der Waals surface area contributed by atoms with Crippen molar-refractivity contribution in [2.45, 2.75) is 6.92 Å². The molecule has 0 amide bonds. The van der Waals surface area contributed by atoms with E-state index >= 15 is 0 Å². The highest BCUT2D eigenvalue weighted by atomic mass is 14.1. The molecule has 0 fully saturated rings. The lowest BCUT2D eigenvalue weighted by Crippen LogP contribution is -2.20. The van der Waals surface area contributed by atoms with Crippen LogP contribution in [0.15, 0.2) is 42.5 Å². The zero-order valence-electron chi connectivity index (χ0n) is 8.12. The van der Waals surface area contributed by atoms with Crippen LogP contribution >= 0.6 is 0 Å². The van der Waals surface area contributed by atoms with E-state index in [0.29, 0.717) is 0 Å². The average molecular weight is 177 g/mol. The molecule has 0 atom stereocenters. The van der Waals surface area contributed by atoms with Crippen molar-refractivity contribution >= 4 is 18.2 Å². The zero-order valence-corrected chi connectivity index (χ0v) is 8.12. The Bertz CT molecular complexity index is 500. The molecular formula is C13H10B. The van der Waals surface area contributed by atoms with E-state index in [1.807, 2.05) is 0 Å². The molecule has 1 aliphatic rings. The van der Waals surface area contributed by atoms with Gasteiger partial charge in [-0.15, -0.1) is 0 Å². The molecule has 0 bridgehead atoms. The van der Waals surface area contributed by atoms with Gasteiger partial charge in [-0.3, -0.25) is 0 Å². The van der Waals surface area contributed by atoms with Gasteiger partial charge in [0.1, 0.15) is 0 Å². The van der Waals surface area contributed by atoms with Crippen LogP contribution in [-0.2, 0) is 0 Å². The van der Waals surface area contributed by atoms with E-state index < -0.39 is 0 Å². The fraction of sp³-hybridized carbons (Fsp3) is 0.0769. The SMILES string of the molecule is Cc1ccc2c(c1)[B]c1ccccc1-2. The van der Waals surface area contributed by atoms with E-state index in [9.17, 15) is 0 Å². The molecule has 0 nitrogen and oxygen atoms in total. The number of rotatable bonds is 0. The van der Waals surface area contributed by atoms with Crippen molar-refractivity contribution in [3.8, 4) is 11.1 Å². The molecule has 0 unspecified atom stereocenters. The molecule has 0 N–H and O–H groups in total. The van der Waals surface area contributed by atoms with Crippen molar-refractivity contribution in [1.29, 1.82) is 0 Å². The summed E-state index contributed by atoms with van der Waals surface area (Å²) in [5.41, 5.74) is 6.75. The Hall–Kier alpha value is -1.50. The van der Waals surface area contributed by atoms with E-state index in [1.54, 1.807) is 0 Å². The van der Waals surface area contributed by atoms with Crippen molar-refractivity contribution in [3.63, 3.8) is 0 Å². The van der Waals surface area contributed by atoms with Crippen molar-refractivity contribution in [3.05, 3.63) is 48.0 Å². The second-order valence-corrected chi connectivity index (χ2v) is 3.82. The molecule has 14 heavy (non-hydrogen) atoms. The molecule has 2 aromatic carbocycles. The van der Waals surface area contributed by atoms with Gasteiger partial charge in [-0.05, 0) is 18.1 Å². The van der Waals surface area contributed by atoms with Crippen molar-refractivity contribution in [2.75, 3.05) is 0 Å². The second kappa shape index (κ2) is 2.75. The van der Waals surface area contributed by atoms with Crippen LogP contribution in [0, 0.1) is 6.92 Å². The summed E-state index contributed by atoms with van der Waals surface area (Å²) in [4.78, 5) is 0. The summed E-state index contributed by atoms with van der Waals surface area (Å²) < 4.78 is 0. The summed E-state index contributed by atoms with van der Waals surface area (Å²) in [6.07, 6.45) is 0. The summed E-state index contributed by atoms with van der Waals surface area (Å²) in [5.74, 6) is 0. The Kier molecular flexibility index (Phi) is 1.54. The summed E-state index contributed by atoms with van der Waals surface area (Å²) in [7, 11) is 2.26. The minimum atomic E-state index is 1.33. The van der Waals surface area contributed by atoms with E-state index in [4.69, 9.17) is 0 Å². The normalized spacial score (nSPS) is 11.8. The van der Waals surface area contributed by atoms with E-state index in [0.717, 1.165) is 0 Å². The summed E-state index contributed by atoms with van der Waals surface area (Å²) in [6, 6.07) is 15.2. The first kappa shape index (κ1) is 7.87. The number of hydrogen-bond donors (Lipinski definition) is 0. The third-order valence-electron chi connectivity index (χ3n) is 2.77. The summed E-state index contributed by atoms with van der Waals surface area (Å²) in [6.45, 7) is 2.14. The van der Waals surface area contributed by atoms with Gasteiger partial charge in [0.15, 0.2) is 7.28 Å².